The molecule has 9 nitrogen and oxygen atoms in total. The summed E-state index contributed by atoms with van der Waals surface area (Å²) in [5.41, 5.74) is 0. The van der Waals surface area contributed by atoms with E-state index in [1.807, 2.05) is 0 Å². The number of unbranched alkanes of at least 4 members (excludes halogenated alkanes) is 10. The lowest BCUT2D eigenvalue weighted by atomic mass is 9.99. The van der Waals surface area contributed by atoms with E-state index in [1.165, 1.54) is 32.1 Å². The third-order valence-corrected chi connectivity index (χ3v) is 8.45. The molecule has 0 spiro atoms. The molecule has 1 saturated heterocycles. The Balaban J connectivity index is 2.12. The number of aliphatic hydroxyl groups is 4. The Morgan fingerprint density at radius 3 is 1.80 bits per heavy atom. The standard InChI is InChI=1S/C41H70O9/c1-3-5-7-8-9-10-11-12-13-14-15-16-17-18-19-20-21-22-23-24-25-26-27-29-31-47-33-35(49-37(43)30-28-6-4-2)34-48-41-40(46)39(45)38(44)36(32-42)50-41/h5,7,9-10,12-13,15-16,18-19,35-36,38-42,44-46H,3-4,6,8,11,14,17,20-34H2,1-2H3/b7-5-,10-9-,13-12-,16-15-,19-18-. The Kier molecular flexibility index (Phi) is 30.1. The van der Waals surface area contributed by atoms with Crippen LogP contribution in [-0.4, -0.2) is 89.6 Å². The first-order chi connectivity index (χ1) is 24.4. The highest BCUT2D eigenvalue weighted by molar-refractivity contribution is 5.69. The van der Waals surface area contributed by atoms with Gasteiger partial charge >= 0.3 is 5.97 Å². The SMILES string of the molecule is CC/C=C\C/C=C\C/C=C\C/C=C\C/C=C\CCCCCCCCCCOCC(COC1OC(CO)C(O)C(O)C1O)OC(=O)CCCCC. The minimum absolute atomic E-state index is 0.122. The molecule has 0 saturated carbocycles. The maximum absolute atomic E-state index is 12.4. The minimum Gasteiger partial charge on any atom is -0.457 e. The lowest BCUT2D eigenvalue weighted by Gasteiger charge is -2.39. The van der Waals surface area contributed by atoms with E-state index in [2.05, 4.69) is 74.6 Å². The van der Waals surface area contributed by atoms with Crippen LogP contribution in [0.25, 0.3) is 0 Å². The van der Waals surface area contributed by atoms with Crippen molar-refractivity contribution in [1.82, 2.24) is 0 Å². The third-order valence-electron chi connectivity index (χ3n) is 8.45. The zero-order chi connectivity index (χ0) is 36.5. The van der Waals surface area contributed by atoms with Crippen LogP contribution in [0.2, 0.25) is 0 Å². The number of carbonyl (C=O) groups is 1. The summed E-state index contributed by atoms with van der Waals surface area (Å²) in [6.45, 7) is 4.22. The Morgan fingerprint density at radius 1 is 0.660 bits per heavy atom. The molecule has 1 aliphatic rings. The molecule has 1 heterocycles. The molecule has 0 amide bonds. The molecule has 0 aromatic heterocycles. The quantitative estimate of drug-likeness (QED) is 0.0327. The summed E-state index contributed by atoms with van der Waals surface area (Å²) in [5.74, 6) is -0.345. The lowest BCUT2D eigenvalue weighted by molar-refractivity contribution is -0.305. The first-order valence-corrected chi connectivity index (χ1v) is 19.4. The highest BCUT2D eigenvalue weighted by Gasteiger charge is 2.44. The summed E-state index contributed by atoms with van der Waals surface area (Å²) >= 11 is 0. The van der Waals surface area contributed by atoms with E-state index in [-0.39, 0.29) is 19.2 Å². The van der Waals surface area contributed by atoms with Crippen molar-refractivity contribution in [3.63, 3.8) is 0 Å². The molecular formula is C41H70O9. The average molecular weight is 707 g/mol. The fourth-order valence-corrected chi connectivity index (χ4v) is 5.40. The molecule has 1 fully saturated rings. The van der Waals surface area contributed by atoms with E-state index in [4.69, 9.17) is 18.9 Å². The van der Waals surface area contributed by atoms with Gasteiger partial charge in [0.2, 0.25) is 0 Å². The van der Waals surface area contributed by atoms with Crippen LogP contribution in [0.1, 0.15) is 129 Å². The van der Waals surface area contributed by atoms with Crippen molar-refractivity contribution in [2.75, 3.05) is 26.4 Å². The van der Waals surface area contributed by atoms with Crippen LogP contribution in [0.15, 0.2) is 60.8 Å². The highest BCUT2D eigenvalue weighted by Crippen LogP contribution is 2.22. The van der Waals surface area contributed by atoms with Gasteiger partial charge in [0.25, 0.3) is 0 Å². The van der Waals surface area contributed by atoms with Crippen LogP contribution in [0.3, 0.4) is 0 Å². The second kappa shape index (κ2) is 32.8. The number of esters is 1. The second-order valence-electron chi connectivity index (χ2n) is 13.0. The summed E-state index contributed by atoms with van der Waals surface area (Å²) in [6.07, 6.45) is 33.4. The van der Waals surface area contributed by atoms with Crippen molar-refractivity contribution < 1.29 is 44.2 Å². The van der Waals surface area contributed by atoms with Crippen LogP contribution in [0.4, 0.5) is 0 Å². The van der Waals surface area contributed by atoms with Crippen molar-refractivity contribution in [3.8, 4) is 0 Å². The van der Waals surface area contributed by atoms with Crippen molar-refractivity contribution in [1.29, 1.82) is 0 Å². The van der Waals surface area contributed by atoms with Gasteiger partial charge < -0.3 is 39.4 Å². The molecule has 9 heteroatoms. The Morgan fingerprint density at radius 2 is 1.22 bits per heavy atom. The highest BCUT2D eigenvalue weighted by atomic mass is 16.7. The number of hydrogen-bond acceptors (Lipinski definition) is 9. The van der Waals surface area contributed by atoms with Gasteiger partial charge in [0.05, 0.1) is 19.8 Å². The maximum atomic E-state index is 12.4. The van der Waals surface area contributed by atoms with Crippen molar-refractivity contribution in [3.05, 3.63) is 60.8 Å². The van der Waals surface area contributed by atoms with Gasteiger partial charge in [-0.1, -0.05) is 126 Å². The molecule has 50 heavy (non-hydrogen) atoms. The fraction of sp³-hybridized carbons (Fsp3) is 0.732. The Hall–Kier alpha value is -2.11. The molecule has 1 rings (SSSR count). The molecule has 0 aromatic rings. The van der Waals surface area contributed by atoms with Crippen LogP contribution in [0, 0.1) is 0 Å². The molecule has 0 aromatic carbocycles. The van der Waals surface area contributed by atoms with Gasteiger partial charge in [-0.05, 0) is 57.8 Å². The smallest absolute Gasteiger partial charge is 0.306 e. The van der Waals surface area contributed by atoms with E-state index >= 15 is 0 Å². The van der Waals surface area contributed by atoms with Gasteiger partial charge in [-0.25, -0.2) is 0 Å². The molecular weight excluding hydrogens is 636 g/mol. The third kappa shape index (κ3) is 24.1. The molecule has 4 N–H and O–H groups in total. The van der Waals surface area contributed by atoms with Crippen LogP contribution in [-0.2, 0) is 23.7 Å². The summed E-state index contributed by atoms with van der Waals surface area (Å²) in [5, 5.41) is 39.7. The van der Waals surface area contributed by atoms with Gasteiger partial charge in [-0.15, -0.1) is 0 Å². The molecule has 6 atom stereocenters. The molecule has 6 unspecified atom stereocenters. The van der Waals surface area contributed by atoms with Crippen LogP contribution in [0.5, 0.6) is 0 Å². The van der Waals surface area contributed by atoms with E-state index in [0.717, 1.165) is 77.0 Å². The maximum Gasteiger partial charge on any atom is 0.306 e. The second-order valence-corrected chi connectivity index (χ2v) is 13.0. The summed E-state index contributed by atoms with van der Waals surface area (Å²) in [4.78, 5) is 12.4. The normalized spacial score (nSPS) is 22.2. The van der Waals surface area contributed by atoms with Crippen molar-refractivity contribution >= 4 is 5.97 Å². The molecule has 0 radical (unpaired) electrons. The Labute approximate surface area is 303 Å². The predicted molar refractivity (Wildman–Crippen MR) is 201 cm³/mol. The van der Waals surface area contributed by atoms with Crippen LogP contribution >= 0.6 is 0 Å². The van der Waals surface area contributed by atoms with Crippen molar-refractivity contribution in [2.24, 2.45) is 0 Å². The lowest BCUT2D eigenvalue weighted by Crippen LogP contribution is -2.59. The van der Waals surface area contributed by atoms with Gasteiger partial charge in [0.15, 0.2) is 6.29 Å². The fourth-order valence-electron chi connectivity index (χ4n) is 5.40. The van der Waals surface area contributed by atoms with E-state index in [9.17, 15) is 25.2 Å². The van der Waals surface area contributed by atoms with Gasteiger partial charge in [0.1, 0.15) is 30.5 Å². The van der Waals surface area contributed by atoms with Crippen molar-refractivity contribution in [2.45, 2.75) is 166 Å². The average Bonchev–Trinajstić information content (AvgIpc) is 3.11. The topological polar surface area (TPSA) is 135 Å². The number of carbonyl (C=O) groups excluding carboxylic acids is 1. The molecule has 0 bridgehead atoms. The summed E-state index contributed by atoms with van der Waals surface area (Å²) in [6, 6.07) is 0. The predicted octanol–water partition coefficient (Wildman–Crippen LogP) is 7.57. The summed E-state index contributed by atoms with van der Waals surface area (Å²) < 4.78 is 22.4. The van der Waals surface area contributed by atoms with Crippen LogP contribution < -0.4 is 0 Å². The van der Waals surface area contributed by atoms with E-state index in [0.29, 0.717) is 13.0 Å². The first kappa shape index (κ1) is 45.9. The number of allylic oxidation sites excluding steroid dienone is 10. The van der Waals surface area contributed by atoms with Gasteiger partial charge in [-0.2, -0.15) is 0 Å². The van der Waals surface area contributed by atoms with E-state index < -0.39 is 43.4 Å². The van der Waals surface area contributed by atoms with Gasteiger partial charge in [0, 0.05) is 13.0 Å². The molecule has 288 valence electrons. The number of rotatable bonds is 31. The first-order valence-electron chi connectivity index (χ1n) is 19.4. The minimum atomic E-state index is -1.54. The monoisotopic (exact) mass is 707 g/mol. The Bertz CT molecular complexity index is 942. The molecule has 1 aliphatic heterocycles. The number of aliphatic hydroxyl groups excluding tert-OH is 4. The largest absolute Gasteiger partial charge is 0.457 e. The van der Waals surface area contributed by atoms with E-state index in [1.54, 1.807) is 0 Å². The zero-order valence-corrected chi connectivity index (χ0v) is 31.1. The number of hydrogen-bond donors (Lipinski definition) is 4. The molecule has 0 aliphatic carbocycles. The summed E-state index contributed by atoms with van der Waals surface area (Å²) in [7, 11) is 0. The van der Waals surface area contributed by atoms with Gasteiger partial charge in [-0.3, -0.25) is 4.79 Å². The zero-order valence-electron chi connectivity index (χ0n) is 31.1. The number of ether oxygens (including phenoxy) is 4.